The fourth-order valence-electron chi connectivity index (χ4n) is 9.69. The Morgan fingerprint density at radius 2 is 1.77 bits per heavy atom. The Morgan fingerprint density at radius 3 is 2.37 bits per heavy atom. The van der Waals surface area contributed by atoms with E-state index in [0.717, 1.165) is 50.5 Å². The first kappa shape index (κ1) is 27.1. The second-order valence-corrected chi connectivity index (χ2v) is 13.9. The third-order valence-electron chi connectivity index (χ3n) is 11.8. The lowest BCUT2D eigenvalue weighted by Gasteiger charge is -2.66. The molecule has 3 fully saturated rings. The summed E-state index contributed by atoms with van der Waals surface area (Å²) < 4.78 is 5.82. The molecule has 2 N–H and O–H groups in total. The van der Waals surface area contributed by atoms with Crippen molar-refractivity contribution in [2.75, 3.05) is 7.11 Å². The summed E-state index contributed by atoms with van der Waals surface area (Å²) in [5.74, 6) is 1.10. The van der Waals surface area contributed by atoms with Crippen LogP contribution in [0.2, 0.25) is 0 Å². The summed E-state index contributed by atoms with van der Waals surface area (Å²) >= 11 is 0. The van der Waals surface area contributed by atoms with E-state index < -0.39 is 23.0 Å². The van der Waals surface area contributed by atoms with Crippen molar-refractivity contribution >= 4 is 6.29 Å². The van der Waals surface area contributed by atoms with Crippen LogP contribution in [-0.2, 0) is 9.53 Å². The van der Waals surface area contributed by atoms with Gasteiger partial charge in [-0.15, -0.1) is 0 Å². The van der Waals surface area contributed by atoms with E-state index in [9.17, 15) is 15.0 Å². The van der Waals surface area contributed by atoms with Crippen molar-refractivity contribution in [2.24, 2.45) is 45.3 Å². The van der Waals surface area contributed by atoms with Gasteiger partial charge < -0.3 is 19.7 Å². The second-order valence-electron chi connectivity index (χ2n) is 13.9. The summed E-state index contributed by atoms with van der Waals surface area (Å²) in [6, 6.07) is 0. The van der Waals surface area contributed by atoms with E-state index in [1.54, 1.807) is 7.11 Å². The van der Waals surface area contributed by atoms with Crippen molar-refractivity contribution in [1.29, 1.82) is 0 Å². The monoisotopic (exact) mass is 486 g/mol. The number of fused-ring (bicyclic) bond motifs is 5. The third-order valence-corrected chi connectivity index (χ3v) is 11.8. The van der Waals surface area contributed by atoms with Crippen LogP contribution in [0.5, 0.6) is 0 Å². The van der Waals surface area contributed by atoms with Crippen LogP contribution in [-0.4, -0.2) is 41.9 Å². The molecule has 35 heavy (non-hydrogen) atoms. The first-order valence-electron chi connectivity index (χ1n) is 14.0. The lowest BCUT2D eigenvalue weighted by Crippen LogP contribution is -2.64. The Kier molecular flexibility index (Phi) is 7.04. The van der Waals surface area contributed by atoms with Crippen molar-refractivity contribution in [3.63, 3.8) is 0 Å². The number of hydrogen-bond acceptors (Lipinski definition) is 4. The molecule has 0 heterocycles. The van der Waals surface area contributed by atoms with E-state index in [4.69, 9.17) is 4.74 Å². The molecule has 0 aliphatic heterocycles. The molecule has 1 unspecified atom stereocenters. The van der Waals surface area contributed by atoms with Crippen LogP contribution in [0.3, 0.4) is 0 Å². The van der Waals surface area contributed by atoms with Gasteiger partial charge in [0.2, 0.25) is 0 Å². The predicted octanol–water partition coefficient (Wildman–Crippen LogP) is 6.11. The number of hydrogen-bond donors (Lipinski definition) is 2. The molecule has 0 amide bonds. The molecule has 0 saturated heterocycles. The number of aliphatic hydroxyl groups is 2. The second kappa shape index (κ2) is 9.10. The highest BCUT2D eigenvalue weighted by molar-refractivity contribution is 5.65. The molecule has 0 radical (unpaired) electrons. The van der Waals surface area contributed by atoms with Gasteiger partial charge in [-0.25, -0.2) is 0 Å². The number of allylic oxidation sites excluding steroid dienone is 1. The average Bonchev–Trinajstić information content (AvgIpc) is 3.06. The highest BCUT2D eigenvalue weighted by Crippen LogP contribution is 2.74. The Morgan fingerprint density at radius 1 is 1.09 bits per heavy atom. The summed E-state index contributed by atoms with van der Waals surface area (Å²) in [4.78, 5) is 13.1. The van der Waals surface area contributed by atoms with Gasteiger partial charge in [-0.3, -0.25) is 0 Å². The molecule has 4 heteroatoms. The maximum atomic E-state index is 13.1. The van der Waals surface area contributed by atoms with Gasteiger partial charge in [0, 0.05) is 23.9 Å². The quantitative estimate of drug-likeness (QED) is 0.351. The molecule has 0 aromatic heterocycles. The molecule has 4 aliphatic rings. The molecule has 4 aliphatic carbocycles. The number of carbonyl (C=O) groups is 1. The molecule has 198 valence electrons. The normalized spacial score (nSPS) is 45.9. The largest absolute Gasteiger partial charge is 0.392 e. The van der Waals surface area contributed by atoms with Gasteiger partial charge in [-0.05, 0) is 87.4 Å². The first-order chi connectivity index (χ1) is 16.3. The molecule has 0 spiro atoms. The van der Waals surface area contributed by atoms with E-state index in [1.165, 1.54) is 11.9 Å². The third kappa shape index (κ3) is 3.84. The fourth-order valence-corrected chi connectivity index (χ4v) is 9.69. The molecule has 3 saturated carbocycles. The summed E-state index contributed by atoms with van der Waals surface area (Å²) in [6.07, 6.45) is 11.2. The Labute approximate surface area is 213 Å². The van der Waals surface area contributed by atoms with Crippen LogP contribution in [0, 0.1) is 45.3 Å². The maximum Gasteiger partial charge on any atom is 0.127 e. The molecule has 10 atom stereocenters. The Balaban J connectivity index is 1.71. The number of ether oxygens (including phenoxy) is 1. The molecule has 4 rings (SSSR count). The van der Waals surface area contributed by atoms with E-state index in [1.807, 2.05) is 0 Å². The average molecular weight is 487 g/mol. The number of rotatable bonds is 6. The number of aliphatic hydroxyl groups excluding tert-OH is 2. The van der Waals surface area contributed by atoms with E-state index in [2.05, 4.69) is 60.6 Å². The van der Waals surface area contributed by atoms with Crippen molar-refractivity contribution in [3.8, 4) is 0 Å². The van der Waals surface area contributed by atoms with Crippen LogP contribution in [0.15, 0.2) is 23.3 Å². The van der Waals surface area contributed by atoms with Crippen LogP contribution in [0.25, 0.3) is 0 Å². The molecule has 0 aromatic carbocycles. The summed E-state index contributed by atoms with van der Waals surface area (Å²) in [5.41, 5.74) is 1.43. The van der Waals surface area contributed by atoms with Crippen LogP contribution >= 0.6 is 0 Å². The van der Waals surface area contributed by atoms with Crippen LogP contribution in [0.1, 0.15) is 93.4 Å². The topological polar surface area (TPSA) is 66.8 Å². The number of methoxy groups -OCH3 is 1. The molecule has 0 bridgehead atoms. The summed E-state index contributed by atoms with van der Waals surface area (Å²) in [7, 11) is 1.81. The zero-order valence-electron chi connectivity index (χ0n) is 23.4. The van der Waals surface area contributed by atoms with E-state index >= 15 is 0 Å². The zero-order chi connectivity index (χ0) is 26.0. The van der Waals surface area contributed by atoms with Gasteiger partial charge in [-0.1, -0.05) is 57.9 Å². The lowest BCUT2D eigenvalue weighted by atomic mass is 9.38. The van der Waals surface area contributed by atoms with Gasteiger partial charge in [0.05, 0.1) is 18.3 Å². The summed E-state index contributed by atoms with van der Waals surface area (Å²) in [6.45, 7) is 15.7. The van der Waals surface area contributed by atoms with Crippen molar-refractivity contribution in [2.45, 2.75) is 112 Å². The number of carbonyl (C=O) groups excluding carboxylic acids is 1. The molecule has 4 nitrogen and oxygen atoms in total. The van der Waals surface area contributed by atoms with Crippen molar-refractivity contribution in [3.05, 3.63) is 23.3 Å². The van der Waals surface area contributed by atoms with Gasteiger partial charge in [0.1, 0.15) is 6.29 Å². The highest BCUT2D eigenvalue weighted by Gasteiger charge is 2.70. The van der Waals surface area contributed by atoms with Crippen molar-refractivity contribution < 1.29 is 19.7 Å². The Hall–Kier alpha value is -0.970. The standard InChI is InChI=1S/C31H50O4/c1-19(2)15-21(35-8)16-20(3)22-11-12-30(7)27-25(33)17-24-23(9-10-26(34)28(24,4)5)31(27,18-32)14-13-29(22,30)6/h15,17-18,20-23,25-27,33-34H,9-14,16H2,1-8H3/t20-,21?,22-,23-,25+,26+,27+,29-,30+,31-/m1/s1. The van der Waals surface area contributed by atoms with Gasteiger partial charge in [-0.2, -0.15) is 0 Å². The van der Waals surface area contributed by atoms with Gasteiger partial charge in [0.15, 0.2) is 0 Å². The smallest absolute Gasteiger partial charge is 0.127 e. The zero-order valence-corrected chi connectivity index (χ0v) is 23.4. The number of aldehydes is 1. The highest BCUT2D eigenvalue weighted by atomic mass is 16.5. The van der Waals surface area contributed by atoms with E-state index in [0.29, 0.717) is 11.8 Å². The molecular weight excluding hydrogens is 436 g/mol. The molecular formula is C31H50O4. The van der Waals surface area contributed by atoms with Crippen molar-refractivity contribution in [1.82, 2.24) is 0 Å². The summed E-state index contributed by atoms with van der Waals surface area (Å²) in [5, 5.41) is 22.5. The van der Waals surface area contributed by atoms with Gasteiger partial charge >= 0.3 is 0 Å². The SMILES string of the molecule is COC(C=C(C)C)C[C@@H](C)[C@H]1CC[C@@]2(C)[C@@H]3[C@@H](O)C=C4[C@@H](CC[C@H](O)C4(C)C)[C@]3(C=O)CC[C@]12C. The predicted molar refractivity (Wildman–Crippen MR) is 141 cm³/mol. The first-order valence-corrected chi connectivity index (χ1v) is 14.0. The van der Waals surface area contributed by atoms with Gasteiger partial charge in [0.25, 0.3) is 0 Å². The minimum absolute atomic E-state index is 0.0701. The van der Waals surface area contributed by atoms with Crippen LogP contribution < -0.4 is 0 Å². The van der Waals surface area contributed by atoms with E-state index in [-0.39, 0.29) is 28.8 Å². The lowest BCUT2D eigenvalue weighted by molar-refractivity contribution is -0.183. The maximum absolute atomic E-state index is 13.1. The molecule has 0 aromatic rings. The minimum atomic E-state index is -0.646. The Bertz CT molecular complexity index is 884. The van der Waals surface area contributed by atoms with Crippen LogP contribution in [0.4, 0.5) is 0 Å². The minimum Gasteiger partial charge on any atom is -0.392 e. The fraction of sp³-hybridized carbons (Fsp3) is 0.839.